The summed E-state index contributed by atoms with van der Waals surface area (Å²) in [4.78, 5) is 19.6. The van der Waals surface area contributed by atoms with E-state index in [0.29, 0.717) is 18.9 Å². The minimum Gasteiger partial charge on any atom is -0.347 e. The zero-order valence-corrected chi connectivity index (χ0v) is 17.6. The van der Waals surface area contributed by atoms with Crippen LogP contribution in [0.3, 0.4) is 0 Å². The van der Waals surface area contributed by atoms with Crippen LogP contribution in [0.4, 0.5) is 4.39 Å². The van der Waals surface area contributed by atoms with Crippen LogP contribution in [0.5, 0.6) is 0 Å². The molecule has 0 saturated carbocycles. The Balaban J connectivity index is 1.40. The number of pyridine rings is 1. The Bertz CT molecular complexity index is 972. The second-order valence-electron chi connectivity index (χ2n) is 8.17. The van der Waals surface area contributed by atoms with Gasteiger partial charge in [-0.05, 0) is 55.6 Å². The Morgan fingerprint density at radius 2 is 1.71 bits per heavy atom. The topological polar surface area (TPSA) is 45.2 Å². The third kappa shape index (κ3) is 5.76. The van der Waals surface area contributed by atoms with E-state index in [-0.39, 0.29) is 17.8 Å². The fourth-order valence-electron chi connectivity index (χ4n) is 4.31. The van der Waals surface area contributed by atoms with Gasteiger partial charge in [-0.2, -0.15) is 0 Å². The molecule has 0 bridgehead atoms. The Hall–Kier alpha value is -3.05. The van der Waals surface area contributed by atoms with E-state index in [1.165, 1.54) is 6.07 Å². The Morgan fingerprint density at radius 3 is 2.42 bits per heavy atom. The smallest absolute Gasteiger partial charge is 0.224 e. The van der Waals surface area contributed by atoms with Crippen molar-refractivity contribution in [1.82, 2.24) is 15.2 Å². The number of hydrogen-bond acceptors (Lipinski definition) is 3. The highest BCUT2D eigenvalue weighted by molar-refractivity contribution is 5.79. The first-order valence-corrected chi connectivity index (χ1v) is 10.9. The molecule has 2 aromatic carbocycles. The van der Waals surface area contributed by atoms with E-state index in [0.717, 1.165) is 42.8 Å². The van der Waals surface area contributed by atoms with Crippen molar-refractivity contribution in [3.8, 4) is 0 Å². The van der Waals surface area contributed by atoms with Crippen molar-refractivity contribution in [2.45, 2.75) is 31.8 Å². The Labute approximate surface area is 183 Å². The van der Waals surface area contributed by atoms with Crippen LogP contribution in [0.25, 0.3) is 0 Å². The van der Waals surface area contributed by atoms with Crippen LogP contribution in [0, 0.1) is 11.7 Å². The molecule has 1 atom stereocenters. The fourth-order valence-corrected chi connectivity index (χ4v) is 4.31. The van der Waals surface area contributed by atoms with Crippen LogP contribution in [-0.4, -0.2) is 28.9 Å². The monoisotopic (exact) mass is 417 g/mol. The summed E-state index contributed by atoms with van der Waals surface area (Å²) in [6.45, 7) is 2.36. The van der Waals surface area contributed by atoms with E-state index >= 15 is 0 Å². The highest BCUT2D eigenvalue weighted by atomic mass is 19.1. The average molecular weight is 418 g/mol. The number of aromatic nitrogens is 1. The van der Waals surface area contributed by atoms with E-state index < -0.39 is 0 Å². The maximum atomic E-state index is 14.0. The molecular weight excluding hydrogens is 389 g/mol. The first-order chi connectivity index (χ1) is 15.2. The third-order valence-electron chi connectivity index (χ3n) is 5.99. The molecule has 31 heavy (non-hydrogen) atoms. The molecule has 1 N–H and O–H groups in total. The van der Waals surface area contributed by atoms with Gasteiger partial charge in [0.1, 0.15) is 5.82 Å². The van der Waals surface area contributed by atoms with Gasteiger partial charge >= 0.3 is 0 Å². The predicted octanol–water partition coefficient (Wildman–Crippen LogP) is 4.53. The average Bonchev–Trinajstić information content (AvgIpc) is 2.81. The zero-order chi connectivity index (χ0) is 21.5. The number of amides is 1. The van der Waals surface area contributed by atoms with Crippen LogP contribution >= 0.6 is 0 Å². The third-order valence-corrected chi connectivity index (χ3v) is 5.99. The summed E-state index contributed by atoms with van der Waals surface area (Å²) >= 11 is 0. The standard InChI is InChI=1S/C26H28FN3O/c27-23-11-5-4-10-22(23)19-30-16-13-21(14-17-30)26(24-12-6-7-15-28-24)29-25(31)18-20-8-2-1-3-9-20/h1-12,15,21,26H,13-14,16-19H2,(H,29,31). The summed E-state index contributed by atoms with van der Waals surface area (Å²) in [5, 5.41) is 3.25. The first-order valence-electron chi connectivity index (χ1n) is 10.9. The molecule has 0 radical (unpaired) electrons. The quantitative estimate of drug-likeness (QED) is 0.614. The molecular formula is C26H28FN3O. The van der Waals surface area contributed by atoms with Crippen molar-refractivity contribution in [2.24, 2.45) is 5.92 Å². The molecule has 3 aromatic rings. The normalized spacial score (nSPS) is 16.0. The van der Waals surface area contributed by atoms with Gasteiger partial charge in [-0.3, -0.25) is 14.7 Å². The summed E-state index contributed by atoms with van der Waals surface area (Å²) in [5.74, 6) is 0.159. The number of benzene rings is 2. The number of carbonyl (C=O) groups excluding carboxylic acids is 1. The minimum atomic E-state index is -0.149. The summed E-state index contributed by atoms with van der Waals surface area (Å²) < 4.78 is 14.0. The largest absolute Gasteiger partial charge is 0.347 e. The molecule has 1 aliphatic heterocycles. The van der Waals surface area contributed by atoms with Gasteiger partial charge < -0.3 is 5.32 Å². The van der Waals surface area contributed by atoms with Crippen molar-refractivity contribution in [2.75, 3.05) is 13.1 Å². The number of nitrogens with one attached hydrogen (secondary N) is 1. The first kappa shape index (κ1) is 21.2. The Morgan fingerprint density at radius 1 is 1.00 bits per heavy atom. The molecule has 1 amide bonds. The van der Waals surface area contributed by atoms with Crippen LogP contribution in [-0.2, 0) is 17.8 Å². The van der Waals surface area contributed by atoms with Gasteiger partial charge in [-0.15, -0.1) is 0 Å². The van der Waals surface area contributed by atoms with Crippen LogP contribution < -0.4 is 5.32 Å². The number of rotatable bonds is 7. The molecule has 5 heteroatoms. The number of nitrogens with zero attached hydrogens (tertiary/aromatic N) is 2. The zero-order valence-electron chi connectivity index (χ0n) is 17.6. The van der Waals surface area contributed by atoms with E-state index in [1.807, 2.05) is 60.7 Å². The summed E-state index contributed by atoms with van der Waals surface area (Å²) in [6, 6.07) is 22.5. The van der Waals surface area contributed by atoms with Crippen LogP contribution in [0.15, 0.2) is 79.0 Å². The molecule has 2 heterocycles. The molecule has 4 rings (SSSR count). The number of likely N-dealkylation sites (tertiary alicyclic amines) is 1. The molecule has 1 fully saturated rings. The van der Waals surface area contributed by atoms with Gasteiger partial charge in [0.2, 0.25) is 5.91 Å². The van der Waals surface area contributed by atoms with Crippen molar-refractivity contribution in [3.63, 3.8) is 0 Å². The minimum absolute atomic E-state index is 0.00985. The second kappa shape index (κ2) is 10.3. The number of halogens is 1. The lowest BCUT2D eigenvalue weighted by molar-refractivity contribution is -0.121. The van der Waals surface area contributed by atoms with Crippen molar-refractivity contribution in [3.05, 3.63) is 102 Å². The SMILES string of the molecule is O=C(Cc1ccccc1)NC(c1ccccn1)C1CCN(Cc2ccccc2F)CC1. The van der Waals surface area contributed by atoms with E-state index in [1.54, 1.807) is 12.3 Å². The number of hydrogen-bond donors (Lipinski definition) is 1. The lowest BCUT2D eigenvalue weighted by Crippen LogP contribution is -2.41. The van der Waals surface area contributed by atoms with Gasteiger partial charge in [-0.1, -0.05) is 54.6 Å². The van der Waals surface area contributed by atoms with Gasteiger partial charge in [0.15, 0.2) is 0 Å². The molecule has 4 nitrogen and oxygen atoms in total. The molecule has 1 saturated heterocycles. The highest BCUT2D eigenvalue weighted by Gasteiger charge is 2.30. The molecule has 0 aliphatic carbocycles. The second-order valence-corrected chi connectivity index (χ2v) is 8.17. The van der Waals surface area contributed by atoms with Crippen molar-refractivity contribution in [1.29, 1.82) is 0 Å². The van der Waals surface area contributed by atoms with Crippen molar-refractivity contribution < 1.29 is 9.18 Å². The molecule has 160 valence electrons. The van der Waals surface area contributed by atoms with Gasteiger partial charge in [0.25, 0.3) is 0 Å². The van der Waals surface area contributed by atoms with Gasteiger partial charge in [-0.25, -0.2) is 4.39 Å². The maximum absolute atomic E-state index is 14.0. The molecule has 1 aromatic heterocycles. The van der Waals surface area contributed by atoms with Gasteiger partial charge in [0.05, 0.1) is 18.2 Å². The number of piperidine rings is 1. The van der Waals surface area contributed by atoms with Crippen LogP contribution in [0.2, 0.25) is 0 Å². The van der Waals surface area contributed by atoms with Crippen molar-refractivity contribution >= 4 is 5.91 Å². The highest BCUT2D eigenvalue weighted by Crippen LogP contribution is 2.30. The Kier molecular flexibility index (Phi) is 7.05. The van der Waals surface area contributed by atoms with E-state index in [2.05, 4.69) is 15.2 Å². The summed E-state index contributed by atoms with van der Waals surface area (Å²) in [5.41, 5.74) is 2.63. The lowest BCUT2D eigenvalue weighted by atomic mass is 9.87. The van der Waals surface area contributed by atoms with E-state index in [4.69, 9.17) is 0 Å². The van der Waals surface area contributed by atoms with Gasteiger partial charge in [0, 0.05) is 18.3 Å². The van der Waals surface area contributed by atoms with E-state index in [9.17, 15) is 9.18 Å². The molecule has 0 spiro atoms. The molecule has 1 unspecified atom stereocenters. The number of carbonyl (C=O) groups is 1. The van der Waals surface area contributed by atoms with Crippen LogP contribution in [0.1, 0.15) is 35.7 Å². The fraction of sp³-hybridized carbons (Fsp3) is 0.308. The lowest BCUT2D eigenvalue weighted by Gasteiger charge is -2.36. The predicted molar refractivity (Wildman–Crippen MR) is 120 cm³/mol. The summed E-state index contributed by atoms with van der Waals surface area (Å²) in [6.07, 6.45) is 4.00. The summed E-state index contributed by atoms with van der Waals surface area (Å²) in [7, 11) is 0. The maximum Gasteiger partial charge on any atom is 0.224 e. The molecule has 1 aliphatic rings.